The van der Waals surface area contributed by atoms with Crippen LogP contribution in [0.5, 0.6) is 0 Å². The molecular weight excluding hydrogens is 252 g/mol. The van der Waals surface area contributed by atoms with Gasteiger partial charge in [0.15, 0.2) is 0 Å². The Kier molecular flexibility index (Phi) is 3.41. The van der Waals surface area contributed by atoms with Crippen LogP contribution in [0.4, 0.5) is 5.69 Å². The van der Waals surface area contributed by atoms with Crippen LogP contribution in [0, 0.1) is 0 Å². The first kappa shape index (κ1) is 13.0. The molecule has 1 aromatic rings. The number of sulfonamides is 1. The van der Waals surface area contributed by atoms with Gasteiger partial charge in [0.05, 0.1) is 6.26 Å². The maximum atomic E-state index is 12.2. The second-order valence-corrected chi connectivity index (χ2v) is 6.35. The van der Waals surface area contributed by atoms with Gasteiger partial charge in [0.25, 0.3) is 0 Å². The highest BCUT2D eigenvalue weighted by atomic mass is 32.2. The molecule has 1 fully saturated rings. The Hall–Kier alpha value is -1.40. The summed E-state index contributed by atoms with van der Waals surface area (Å²) in [6.45, 7) is 1.91. The van der Waals surface area contributed by atoms with E-state index >= 15 is 0 Å². The van der Waals surface area contributed by atoms with E-state index in [9.17, 15) is 13.2 Å². The first-order valence-electron chi connectivity index (χ1n) is 5.74. The lowest BCUT2D eigenvalue weighted by molar-refractivity contribution is -0.118. The number of rotatable bonds is 3. The van der Waals surface area contributed by atoms with E-state index < -0.39 is 16.1 Å². The van der Waals surface area contributed by atoms with E-state index in [1.54, 1.807) is 4.90 Å². The highest BCUT2D eigenvalue weighted by molar-refractivity contribution is 7.88. The van der Waals surface area contributed by atoms with E-state index in [4.69, 9.17) is 0 Å². The summed E-state index contributed by atoms with van der Waals surface area (Å²) in [4.78, 5) is 13.8. The molecule has 0 aliphatic carbocycles. The molecule has 1 heterocycles. The topological polar surface area (TPSA) is 66.5 Å². The van der Waals surface area contributed by atoms with Crippen LogP contribution in [0.3, 0.4) is 0 Å². The van der Waals surface area contributed by atoms with E-state index in [1.807, 2.05) is 37.3 Å². The molecule has 0 saturated carbocycles. The molecule has 18 heavy (non-hydrogen) atoms. The molecule has 2 rings (SSSR count). The average molecular weight is 268 g/mol. The number of para-hydroxylation sites is 1. The van der Waals surface area contributed by atoms with Gasteiger partial charge in [0.1, 0.15) is 6.04 Å². The molecule has 2 atom stereocenters. The van der Waals surface area contributed by atoms with Crippen LogP contribution in [0.2, 0.25) is 0 Å². The summed E-state index contributed by atoms with van der Waals surface area (Å²) < 4.78 is 24.8. The minimum Gasteiger partial charge on any atom is -0.308 e. The monoisotopic (exact) mass is 268 g/mol. The van der Waals surface area contributed by atoms with Gasteiger partial charge in [-0.1, -0.05) is 18.2 Å². The number of amides is 1. The lowest BCUT2D eigenvalue weighted by Crippen LogP contribution is -2.41. The second-order valence-electron chi connectivity index (χ2n) is 4.57. The molecule has 0 bridgehead atoms. The predicted molar refractivity (Wildman–Crippen MR) is 69.8 cm³/mol. The third-order valence-corrected chi connectivity index (χ3v) is 3.66. The Balaban J connectivity index is 2.23. The van der Waals surface area contributed by atoms with Gasteiger partial charge in [-0.15, -0.1) is 0 Å². The summed E-state index contributed by atoms with van der Waals surface area (Å²) >= 11 is 0. The molecule has 1 aromatic carbocycles. The van der Waals surface area contributed by atoms with Gasteiger partial charge in [0, 0.05) is 11.7 Å². The molecule has 6 heteroatoms. The molecule has 0 unspecified atom stereocenters. The molecule has 1 saturated heterocycles. The second kappa shape index (κ2) is 4.70. The van der Waals surface area contributed by atoms with E-state index in [-0.39, 0.29) is 11.9 Å². The van der Waals surface area contributed by atoms with E-state index in [0.29, 0.717) is 6.42 Å². The summed E-state index contributed by atoms with van der Waals surface area (Å²) in [5, 5.41) is 0. The van der Waals surface area contributed by atoms with Gasteiger partial charge in [-0.25, -0.2) is 13.1 Å². The van der Waals surface area contributed by atoms with Crippen LogP contribution in [0.1, 0.15) is 13.3 Å². The van der Waals surface area contributed by atoms with Crippen LogP contribution >= 0.6 is 0 Å². The molecule has 1 aliphatic heterocycles. The van der Waals surface area contributed by atoms with Gasteiger partial charge in [-0.3, -0.25) is 4.79 Å². The fraction of sp³-hybridized carbons (Fsp3) is 0.417. The van der Waals surface area contributed by atoms with Crippen molar-refractivity contribution in [1.82, 2.24) is 4.72 Å². The van der Waals surface area contributed by atoms with Gasteiger partial charge in [0.2, 0.25) is 15.9 Å². The highest BCUT2D eigenvalue weighted by Gasteiger charge is 2.39. The number of hydrogen-bond acceptors (Lipinski definition) is 3. The molecule has 0 aromatic heterocycles. The zero-order valence-electron chi connectivity index (χ0n) is 10.3. The number of benzene rings is 1. The Morgan fingerprint density at radius 1 is 1.28 bits per heavy atom. The first-order chi connectivity index (χ1) is 8.38. The third-order valence-electron chi connectivity index (χ3n) is 2.94. The lowest BCUT2D eigenvalue weighted by Gasteiger charge is -2.21. The van der Waals surface area contributed by atoms with Crippen molar-refractivity contribution in [1.29, 1.82) is 0 Å². The maximum absolute atomic E-state index is 12.2. The van der Waals surface area contributed by atoms with Crippen LogP contribution < -0.4 is 9.62 Å². The zero-order valence-corrected chi connectivity index (χ0v) is 11.1. The van der Waals surface area contributed by atoms with Gasteiger partial charge < -0.3 is 4.90 Å². The molecule has 0 radical (unpaired) electrons. The smallest absolute Gasteiger partial charge is 0.245 e. The Morgan fingerprint density at radius 3 is 2.44 bits per heavy atom. The Labute approximate surface area is 107 Å². The number of anilines is 1. The summed E-state index contributed by atoms with van der Waals surface area (Å²) in [5.41, 5.74) is 0.799. The van der Waals surface area contributed by atoms with Crippen LogP contribution in [-0.2, 0) is 14.8 Å². The summed E-state index contributed by atoms with van der Waals surface area (Å²) in [7, 11) is -3.37. The fourth-order valence-corrected chi connectivity index (χ4v) is 2.97. The maximum Gasteiger partial charge on any atom is 0.245 e. The van der Waals surface area contributed by atoms with Crippen molar-refractivity contribution in [3.8, 4) is 0 Å². The predicted octanol–water partition coefficient (Wildman–Crippen LogP) is 0.730. The summed E-state index contributed by atoms with van der Waals surface area (Å²) in [5.74, 6) is -0.195. The third kappa shape index (κ3) is 2.70. The van der Waals surface area contributed by atoms with Crippen LogP contribution in [0.25, 0.3) is 0 Å². The zero-order chi connectivity index (χ0) is 13.3. The average Bonchev–Trinajstić information content (AvgIpc) is 2.53. The number of carbonyl (C=O) groups is 1. The van der Waals surface area contributed by atoms with Crippen molar-refractivity contribution in [3.63, 3.8) is 0 Å². The number of nitrogens with one attached hydrogen (secondary N) is 1. The SMILES string of the molecule is C[C@@H]1C[C@@H](NS(C)(=O)=O)C(=O)N1c1ccccc1. The Bertz CT molecular complexity index is 542. The molecule has 1 aliphatic rings. The normalized spacial score (nSPS) is 24.6. The number of nitrogens with zero attached hydrogens (tertiary/aromatic N) is 1. The van der Waals surface area contributed by atoms with Crippen molar-refractivity contribution >= 4 is 21.6 Å². The van der Waals surface area contributed by atoms with Gasteiger partial charge >= 0.3 is 0 Å². The summed E-state index contributed by atoms with van der Waals surface area (Å²) in [6.07, 6.45) is 1.55. The largest absolute Gasteiger partial charge is 0.308 e. The lowest BCUT2D eigenvalue weighted by atomic mass is 10.2. The molecule has 0 spiro atoms. The van der Waals surface area contributed by atoms with Crippen molar-refractivity contribution < 1.29 is 13.2 Å². The molecule has 1 N–H and O–H groups in total. The minimum absolute atomic E-state index is 0.0147. The number of carbonyl (C=O) groups excluding carboxylic acids is 1. The molecule has 98 valence electrons. The first-order valence-corrected chi connectivity index (χ1v) is 7.63. The highest BCUT2D eigenvalue weighted by Crippen LogP contribution is 2.26. The molecule has 5 nitrogen and oxygen atoms in total. The van der Waals surface area contributed by atoms with E-state index in [2.05, 4.69) is 4.72 Å². The van der Waals surface area contributed by atoms with Gasteiger partial charge in [-0.05, 0) is 25.5 Å². The number of hydrogen-bond donors (Lipinski definition) is 1. The standard InChI is InChI=1S/C12H16N2O3S/c1-9-8-11(13-18(2,16)17)12(15)14(9)10-6-4-3-5-7-10/h3-7,9,11,13H,8H2,1-2H3/t9-,11-/m1/s1. The van der Waals surface area contributed by atoms with Crippen molar-refractivity contribution in [2.24, 2.45) is 0 Å². The van der Waals surface area contributed by atoms with Crippen LogP contribution in [-0.4, -0.2) is 32.7 Å². The quantitative estimate of drug-likeness (QED) is 0.879. The molecule has 1 amide bonds. The van der Waals surface area contributed by atoms with Gasteiger partial charge in [-0.2, -0.15) is 0 Å². The fourth-order valence-electron chi connectivity index (χ4n) is 2.26. The van der Waals surface area contributed by atoms with Crippen molar-refractivity contribution in [2.75, 3.05) is 11.2 Å². The Morgan fingerprint density at radius 2 is 1.89 bits per heavy atom. The minimum atomic E-state index is -3.37. The molecular formula is C12H16N2O3S. The van der Waals surface area contributed by atoms with E-state index in [1.165, 1.54) is 0 Å². The summed E-state index contributed by atoms with van der Waals surface area (Å²) in [6, 6.07) is 8.60. The van der Waals surface area contributed by atoms with Crippen LogP contribution in [0.15, 0.2) is 30.3 Å². The van der Waals surface area contributed by atoms with Crippen molar-refractivity contribution in [2.45, 2.75) is 25.4 Å². The van der Waals surface area contributed by atoms with Crippen molar-refractivity contribution in [3.05, 3.63) is 30.3 Å². The van der Waals surface area contributed by atoms with E-state index in [0.717, 1.165) is 11.9 Å².